The van der Waals surface area contributed by atoms with Crippen molar-refractivity contribution in [2.75, 3.05) is 5.75 Å². The molecule has 0 aliphatic heterocycles. The summed E-state index contributed by atoms with van der Waals surface area (Å²) in [6.07, 6.45) is 0.936. The van der Waals surface area contributed by atoms with Crippen LogP contribution in [0.5, 0.6) is 0 Å². The predicted octanol–water partition coefficient (Wildman–Crippen LogP) is 2.62. The van der Waals surface area contributed by atoms with Crippen LogP contribution >= 0.6 is 27.7 Å². The van der Waals surface area contributed by atoms with Crippen molar-refractivity contribution >= 4 is 32.9 Å². The third kappa shape index (κ3) is 3.83. The number of hydrogen-bond donors (Lipinski definition) is 2. The van der Waals surface area contributed by atoms with Gasteiger partial charge in [0.1, 0.15) is 0 Å². The minimum absolute atomic E-state index is 0.187. The average molecular weight is 259 g/mol. The Morgan fingerprint density at radius 3 is 2.77 bits per heavy atom. The summed E-state index contributed by atoms with van der Waals surface area (Å²) in [4.78, 5) is 0. The molecule has 0 bridgehead atoms. The van der Waals surface area contributed by atoms with E-state index in [9.17, 15) is 0 Å². The van der Waals surface area contributed by atoms with E-state index in [1.165, 1.54) is 17.3 Å². The molecule has 3 N–H and O–H groups in total. The summed E-state index contributed by atoms with van der Waals surface area (Å²) in [5.74, 6) is 0.859. The van der Waals surface area contributed by atoms with Gasteiger partial charge in [0, 0.05) is 10.2 Å². The summed E-state index contributed by atoms with van der Waals surface area (Å²) >= 11 is 4.84. The fourth-order valence-corrected chi connectivity index (χ4v) is 2.00. The van der Waals surface area contributed by atoms with E-state index in [1.54, 1.807) is 0 Å². The van der Waals surface area contributed by atoms with Gasteiger partial charge in [-0.15, -0.1) is 0 Å². The Bertz CT molecular complexity index is 301. The van der Waals surface area contributed by atoms with E-state index in [-0.39, 0.29) is 5.17 Å². The first kappa shape index (κ1) is 10.6. The summed E-state index contributed by atoms with van der Waals surface area (Å²) in [5, 5.41) is 7.23. The van der Waals surface area contributed by atoms with Crippen LogP contribution < -0.4 is 5.73 Å². The molecule has 0 aliphatic carbocycles. The van der Waals surface area contributed by atoms with Crippen molar-refractivity contribution in [1.82, 2.24) is 0 Å². The lowest BCUT2D eigenvalue weighted by atomic mass is 10.2. The van der Waals surface area contributed by atoms with Crippen LogP contribution in [0.15, 0.2) is 28.7 Å². The summed E-state index contributed by atoms with van der Waals surface area (Å²) < 4.78 is 1.12. The maximum absolute atomic E-state index is 7.04. The van der Waals surface area contributed by atoms with Gasteiger partial charge in [0.2, 0.25) is 0 Å². The zero-order valence-electron chi connectivity index (χ0n) is 7.09. The highest BCUT2D eigenvalue weighted by atomic mass is 79.9. The lowest BCUT2D eigenvalue weighted by molar-refractivity contribution is 1.15. The normalized spacial score (nSPS) is 9.92. The topological polar surface area (TPSA) is 49.9 Å². The highest BCUT2D eigenvalue weighted by molar-refractivity contribution is 9.10. The van der Waals surface area contributed by atoms with E-state index in [0.29, 0.717) is 0 Å². The molecule has 1 aromatic carbocycles. The highest BCUT2D eigenvalue weighted by Gasteiger charge is 1.98. The van der Waals surface area contributed by atoms with E-state index in [0.717, 1.165) is 16.6 Å². The first-order valence-corrected chi connectivity index (χ1v) is 5.68. The minimum atomic E-state index is 0.187. The van der Waals surface area contributed by atoms with Crippen molar-refractivity contribution < 1.29 is 0 Å². The number of benzene rings is 1. The van der Waals surface area contributed by atoms with Crippen LogP contribution in [-0.4, -0.2) is 10.9 Å². The zero-order chi connectivity index (χ0) is 9.68. The van der Waals surface area contributed by atoms with E-state index in [2.05, 4.69) is 22.0 Å². The van der Waals surface area contributed by atoms with Gasteiger partial charge in [-0.1, -0.05) is 45.9 Å². The van der Waals surface area contributed by atoms with E-state index < -0.39 is 0 Å². The monoisotopic (exact) mass is 258 g/mol. The number of aryl methyl sites for hydroxylation is 1. The molecule has 0 saturated heterocycles. The SMILES string of the molecule is N=C(N)SCCc1ccccc1Br. The fourth-order valence-electron chi connectivity index (χ4n) is 0.972. The van der Waals surface area contributed by atoms with Crippen molar-refractivity contribution in [2.24, 2.45) is 5.73 Å². The van der Waals surface area contributed by atoms with Crippen molar-refractivity contribution in [1.29, 1.82) is 5.41 Å². The molecule has 4 heteroatoms. The van der Waals surface area contributed by atoms with Crippen molar-refractivity contribution in [3.8, 4) is 0 Å². The Morgan fingerprint density at radius 1 is 1.46 bits per heavy atom. The number of amidine groups is 1. The third-order valence-electron chi connectivity index (χ3n) is 1.59. The van der Waals surface area contributed by atoms with Gasteiger partial charge < -0.3 is 5.73 Å². The van der Waals surface area contributed by atoms with Crippen LogP contribution in [0.1, 0.15) is 5.56 Å². The maximum Gasteiger partial charge on any atom is 0.151 e. The Morgan fingerprint density at radius 2 is 2.15 bits per heavy atom. The molecule has 0 spiro atoms. The molecule has 0 unspecified atom stereocenters. The molecule has 0 aliphatic rings. The second-order valence-corrected chi connectivity index (χ2v) is 4.55. The summed E-state index contributed by atoms with van der Waals surface area (Å²) in [6.45, 7) is 0. The lowest BCUT2D eigenvalue weighted by Crippen LogP contribution is -2.05. The molecule has 0 aromatic heterocycles. The molecule has 1 rings (SSSR count). The molecule has 0 heterocycles. The Labute approximate surface area is 90.5 Å². The van der Waals surface area contributed by atoms with Crippen LogP contribution in [0.2, 0.25) is 0 Å². The van der Waals surface area contributed by atoms with Crippen LogP contribution in [-0.2, 0) is 6.42 Å². The van der Waals surface area contributed by atoms with E-state index in [4.69, 9.17) is 11.1 Å². The van der Waals surface area contributed by atoms with Gasteiger partial charge in [-0.25, -0.2) is 0 Å². The Kier molecular flexibility index (Phi) is 4.32. The molecule has 13 heavy (non-hydrogen) atoms. The predicted molar refractivity (Wildman–Crippen MR) is 62.2 cm³/mol. The molecule has 70 valence electrons. The van der Waals surface area contributed by atoms with Crippen LogP contribution in [0, 0.1) is 5.41 Å². The number of hydrogen-bond acceptors (Lipinski definition) is 2. The van der Waals surface area contributed by atoms with Gasteiger partial charge in [-0.3, -0.25) is 5.41 Å². The van der Waals surface area contributed by atoms with Crippen molar-refractivity contribution in [2.45, 2.75) is 6.42 Å². The van der Waals surface area contributed by atoms with Crippen molar-refractivity contribution in [3.05, 3.63) is 34.3 Å². The second-order valence-electron chi connectivity index (χ2n) is 2.55. The molecular weight excluding hydrogens is 248 g/mol. The molecule has 0 fully saturated rings. The van der Waals surface area contributed by atoms with Crippen LogP contribution in [0.3, 0.4) is 0 Å². The fraction of sp³-hybridized carbons (Fsp3) is 0.222. The van der Waals surface area contributed by atoms with Gasteiger partial charge >= 0.3 is 0 Å². The smallest absolute Gasteiger partial charge is 0.151 e. The quantitative estimate of drug-likeness (QED) is 0.647. The van der Waals surface area contributed by atoms with Gasteiger partial charge in [0.25, 0.3) is 0 Å². The third-order valence-corrected chi connectivity index (χ3v) is 3.08. The average Bonchev–Trinajstić information content (AvgIpc) is 2.08. The van der Waals surface area contributed by atoms with Crippen LogP contribution in [0.4, 0.5) is 0 Å². The number of rotatable bonds is 3. The van der Waals surface area contributed by atoms with Crippen molar-refractivity contribution in [3.63, 3.8) is 0 Å². The van der Waals surface area contributed by atoms with E-state index in [1.807, 2.05) is 18.2 Å². The van der Waals surface area contributed by atoms with E-state index >= 15 is 0 Å². The molecule has 1 aromatic rings. The summed E-state index contributed by atoms with van der Waals surface area (Å²) in [5.41, 5.74) is 6.49. The maximum atomic E-state index is 7.04. The Balaban J connectivity index is 2.45. The van der Waals surface area contributed by atoms with Gasteiger partial charge in [-0.05, 0) is 18.1 Å². The largest absolute Gasteiger partial charge is 0.379 e. The molecule has 0 amide bonds. The molecular formula is C9H11BrN2S. The van der Waals surface area contributed by atoms with Gasteiger partial charge in [0.05, 0.1) is 0 Å². The number of nitrogens with one attached hydrogen (secondary N) is 1. The first-order valence-electron chi connectivity index (χ1n) is 3.90. The Hall–Kier alpha value is -0.480. The lowest BCUT2D eigenvalue weighted by Gasteiger charge is -2.02. The molecule has 0 atom stereocenters. The number of thioether (sulfide) groups is 1. The number of nitrogens with two attached hydrogens (primary N) is 1. The zero-order valence-corrected chi connectivity index (χ0v) is 9.49. The van der Waals surface area contributed by atoms with Crippen LogP contribution in [0.25, 0.3) is 0 Å². The highest BCUT2D eigenvalue weighted by Crippen LogP contribution is 2.17. The molecule has 2 nitrogen and oxygen atoms in total. The molecule has 0 radical (unpaired) electrons. The van der Waals surface area contributed by atoms with Gasteiger partial charge in [-0.2, -0.15) is 0 Å². The second kappa shape index (κ2) is 5.29. The molecule has 0 saturated carbocycles. The minimum Gasteiger partial charge on any atom is -0.379 e. The first-order chi connectivity index (χ1) is 6.20. The summed E-state index contributed by atoms with van der Waals surface area (Å²) in [7, 11) is 0. The summed E-state index contributed by atoms with van der Waals surface area (Å²) in [6, 6.07) is 8.10. The van der Waals surface area contributed by atoms with Gasteiger partial charge in [0.15, 0.2) is 5.17 Å². The number of halogens is 1. The standard InChI is InChI=1S/C9H11BrN2S/c10-8-4-2-1-3-7(8)5-6-13-9(11)12/h1-4H,5-6H2,(H3,11,12).